The van der Waals surface area contributed by atoms with Crippen LogP contribution in [0.15, 0.2) is 39.6 Å². The number of halogens is 2. The molecule has 0 unspecified atom stereocenters. The summed E-state index contributed by atoms with van der Waals surface area (Å²) in [6, 6.07) is 0. The quantitative estimate of drug-likeness (QED) is 0.519. The molecule has 1 aliphatic rings. The fourth-order valence-electron chi connectivity index (χ4n) is 2.59. The van der Waals surface area contributed by atoms with Gasteiger partial charge in [-0.05, 0) is 6.42 Å². The van der Waals surface area contributed by atoms with Gasteiger partial charge in [-0.15, -0.1) is 11.3 Å². The standard InChI is InChI=1S/C16H21F2N5OS/c1-3-13-12(11(8-19)9-22-16(17)18)10-21-14(15-20-4-7-25-15)23(13)5-6-24-2/h4,7-9,16,19,22H,3,5-6,10H2,1-2H3/b11-9+,19-8?. The van der Waals surface area contributed by atoms with Crippen molar-refractivity contribution in [1.82, 2.24) is 15.2 Å². The lowest BCUT2D eigenvalue weighted by atomic mass is 10.0. The normalized spacial score (nSPS) is 15.6. The summed E-state index contributed by atoms with van der Waals surface area (Å²) in [5.74, 6) is 0.749. The van der Waals surface area contributed by atoms with E-state index in [1.54, 1.807) is 13.3 Å². The second-order valence-electron chi connectivity index (χ2n) is 5.11. The van der Waals surface area contributed by atoms with Gasteiger partial charge in [-0.1, -0.05) is 6.92 Å². The van der Waals surface area contributed by atoms with Crippen LogP contribution in [0.4, 0.5) is 8.78 Å². The van der Waals surface area contributed by atoms with E-state index in [0.717, 1.165) is 28.3 Å². The van der Waals surface area contributed by atoms with E-state index < -0.39 is 6.55 Å². The molecule has 136 valence electrons. The fourth-order valence-corrected chi connectivity index (χ4v) is 3.24. The van der Waals surface area contributed by atoms with E-state index in [4.69, 9.17) is 10.1 Å². The lowest BCUT2D eigenvalue weighted by Crippen LogP contribution is -2.38. The summed E-state index contributed by atoms with van der Waals surface area (Å²) in [4.78, 5) is 10.9. The molecule has 0 aromatic carbocycles. The summed E-state index contributed by atoms with van der Waals surface area (Å²) in [6.07, 6.45) is 4.63. The highest BCUT2D eigenvalue weighted by atomic mass is 32.1. The van der Waals surface area contributed by atoms with Crippen molar-refractivity contribution in [1.29, 1.82) is 5.41 Å². The molecule has 25 heavy (non-hydrogen) atoms. The molecule has 0 amide bonds. The number of aliphatic imine (C=N–C) groups is 1. The van der Waals surface area contributed by atoms with Crippen LogP contribution in [-0.4, -0.2) is 55.3 Å². The van der Waals surface area contributed by atoms with Gasteiger partial charge in [-0.25, -0.2) is 4.98 Å². The van der Waals surface area contributed by atoms with E-state index in [2.05, 4.69) is 9.98 Å². The van der Waals surface area contributed by atoms with E-state index in [1.807, 2.05) is 22.5 Å². The lowest BCUT2D eigenvalue weighted by molar-refractivity contribution is 0.125. The highest BCUT2D eigenvalue weighted by Crippen LogP contribution is 2.27. The molecule has 0 atom stereocenters. The van der Waals surface area contributed by atoms with Crippen LogP contribution in [0.1, 0.15) is 18.4 Å². The average molecular weight is 369 g/mol. The number of methoxy groups -OCH3 is 1. The molecule has 2 rings (SSSR count). The minimum atomic E-state index is -2.68. The second kappa shape index (κ2) is 9.38. The maximum atomic E-state index is 12.5. The average Bonchev–Trinajstić information content (AvgIpc) is 3.14. The number of alkyl halides is 2. The molecule has 0 fully saturated rings. The van der Waals surface area contributed by atoms with Crippen molar-refractivity contribution in [3.8, 4) is 0 Å². The predicted molar refractivity (Wildman–Crippen MR) is 95.4 cm³/mol. The van der Waals surface area contributed by atoms with Crippen molar-refractivity contribution in [2.24, 2.45) is 4.99 Å². The highest BCUT2D eigenvalue weighted by Gasteiger charge is 2.26. The van der Waals surface area contributed by atoms with Gasteiger partial charge in [0.2, 0.25) is 0 Å². The number of thiazole rings is 1. The number of amidine groups is 1. The maximum absolute atomic E-state index is 12.5. The first-order chi connectivity index (χ1) is 12.1. The van der Waals surface area contributed by atoms with Gasteiger partial charge in [0, 0.05) is 54.5 Å². The van der Waals surface area contributed by atoms with Gasteiger partial charge in [0.05, 0.1) is 13.2 Å². The molecule has 0 radical (unpaired) electrons. The molecule has 0 spiro atoms. The van der Waals surface area contributed by atoms with E-state index in [0.29, 0.717) is 31.7 Å². The second-order valence-corrected chi connectivity index (χ2v) is 6.01. The number of hydrogen-bond donors (Lipinski definition) is 2. The van der Waals surface area contributed by atoms with Crippen molar-refractivity contribution in [3.05, 3.63) is 39.6 Å². The third-order valence-electron chi connectivity index (χ3n) is 3.66. The van der Waals surface area contributed by atoms with Crippen molar-refractivity contribution in [3.63, 3.8) is 0 Å². The van der Waals surface area contributed by atoms with Crippen LogP contribution >= 0.6 is 11.3 Å². The van der Waals surface area contributed by atoms with E-state index in [1.165, 1.54) is 17.5 Å². The maximum Gasteiger partial charge on any atom is 0.312 e. The van der Waals surface area contributed by atoms with Gasteiger partial charge in [0.1, 0.15) is 0 Å². The third kappa shape index (κ3) is 4.70. The van der Waals surface area contributed by atoms with Crippen molar-refractivity contribution in [2.75, 3.05) is 26.8 Å². The first-order valence-electron chi connectivity index (χ1n) is 7.80. The van der Waals surface area contributed by atoms with E-state index >= 15 is 0 Å². The van der Waals surface area contributed by atoms with Crippen LogP contribution in [-0.2, 0) is 4.74 Å². The number of allylic oxidation sites excluding steroid dienone is 1. The Labute approximate surface area is 149 Å². The molecular weight excluding hydrogens is 348 g/mol. The SMILES string of the molecule is CCC1=C(/C(C=N)=C/NC(F)F)CN=C(c2nccs2)N1CCOC. The van der Waals surface area contributed by atoms with E-state index in [-0.39, 0.29) is 0 Å². The molecule has 0 saturated heterocycles. The fraction of sp³-hybridized carbons (Fsp3) is 0.438. The van der Waals surface area contributed by atoms with Crippen molar-refractivity contribution in [2.45, 2.75) is 19.9 Å². The Bertz CT molecular complexity index is 670. The molecule has 1 aromatic rings. The molecule has 6 nitrogen and oxygen atoms in total. The van der Waals surface area contributed by atoms with Gasteiger partial charge in [-0.3, -0.25) is 4.99 Å². The molecule has 1 aromatic heterocycles. The monoisotopic (exact) mass is 369 g/mol. The summed E-state index contributed by atoms with van der Waals surface area (Å²) in [7, 11) is 1.62. The Morgan fingerprint density at radius 1 is 1.56 bits per heavy atom. The summed E-state index contributed by atoms with van der Waals surface area (Å²) in [5.41, 5.74) is 2.08. The van der Waals surface area contributed by atoms with Gasteiger partial charge in [-0.2, -0.15) is 8.78 Å². The summed E-state index contributed by atoms with van der Waals surface area (Å²) < 4.78 is 30.1. The number of nitrogens with one attached hydrogen (secondary N) is 2. The number of nitrogens with zero attached hydrogens (tertiary/aromatic N) is 3. The predicted octanol–water partition coefficient (Wildman–Crippen LogP) is 2.86. The van der Waals surface area contributed by atoms with Gasteiger partial charge >= 0.3 is 6.55 Å². The van der Waals surface area contributed by atoms with Crippen LogP contribution in [0.25, 0.3) is 0 Å². The summed E-state index contributed by atoms with van der Waals surface area (Å²) in [5, 5.41) is 12.2. The number of rotatable bonds is 9. The molecule has 0 saturated carbocycles. The van der Waals surface area contributed by atoms with Gasteiger partial charge in [0.25, 0.3) is 0 Å². The van der Waals surface area contributed by atoms with Crippen LogP contribution in [0, 0.1) is 5.41 Å². The Morgan fingerprint density at radius 2 is 2.36 bits per heavy atom. The number of hydrogen-bond acceptors (Lipinski definition) is 7. The smallest absolute Gasteiger partial charge is 0.312 e. The lowest BCUT2D eigenvalue weighted by Gasteiger charge is -2.33. The van der Waals surface area contributed by atoms with Crippen LogP contribution < -0.4 is 5.32 Å². The highest BCUT2D eigenvalue weighted by molar-refractivity contribution is 7.11. The zero-order valence-electron chi connectivity index (χ0n) is 14.1. The Hall–Kier alpha value is -2.13. The van der Waals surface area contributed by atoms with E-state index in [9.17, 15) is 8.78 Å². The van der Waals surface area contributed by atoms with Crippen LogP contribution in [0.5, 0.6) is 0 Å². The minimum Gasteiger partial charge on any atom is -0.383 e. The minimum absolute atomic E-state index is 0.313. The molecule has 1 aliphatic heterocycles. The Balaban J connectivity index is 2.41. The summed E-state index contributed by atoms with van der Waals surface area (Å²) in [6.45, 7) is 0.675. The van der Waals surface area contributed by atoms with Crippen LogP contribution in [0.2, 0.25) is 0 Å². The Morgan fingerprint density at radius 3 is 2.92 bits per heavy atom. The first kappa shape index (κ1) is 19.2. The number of ether oxygens (including phenoxy) is 1. The van der Waals surface area contributed by atoms with Gasteiger partial charge in [0.15, 0.2) is 10.8 Å². The molecule has 0 bridgehead atoms. The van der Waals surface area contributed by atoms with Gasteiger partial charge < -0.3 is 20.4 Å². The topological polar surface area (TPSA) is 73.6 Å². The molecule has 2 heterocycles. The van der Waals surface area contributed by atoms with Crippen molar-refractivity contribution < 1.29 is 13.5 Å². The first-order valence-corrected chi connectivity index (χ1v) is 8.68. The molecule has 2 N–H and O–H groups in total. The third-order valence-corrected chi connectivity index (χ3v) is 4.43. The Kier molecular flexibility index (Phi) is 7.20. The van der Waals surface area contributed by atoms with Crippen molar-refractivity contribution >= 4 is 23.4 Å². The molecule has 9 heteroatoms. The largest absolute Gasteiger partial charge is 0.383 e. The molecular formula is C16H21F2N5OS. The zero-order valence-corrected chi connectivity index (χ0v) is 14.9. The summed E-state index contributed by atoms with van der Waals surface area (Å²) >= 11 is 1.49. The zero-order chi connectivity index (χ0) is 18.2. The van der Waals surface area contributed by atoms with Crippen LogP contribution in [0.3, 0.4) is 0 Å². The number of aromatic nitrogens is 1. The molecule has 0 aliphatic carbocycles.